The van der Waals surface area contributed by atoms with Gasteiger partial charge in [-0.3, -0.25) is 19.5 Å². The topological polar surface area (TPSA) is 74.8 Å². The van der Waals surface area contributed by atoms with Gasteiger partial charge in [0, 0.05) is 48.5 Å². The van der Waals surface area contributed by atoms with Crippen molar-refractivity contribution in [3.05, 3.63) is 59.8 Å². The van der Waals surface area contributed by atoms with Gasteiger partial charge in [-0.1, -0.05) is 6.07 Å². The average Bonchev–Trinajstić information content (AvgIpc) is 2.78. The van der Waals surface area contributed by atoms with Crippen molar-refractivity contribution in [2.24, 2.45) is 0 Å². The molecule has 8 heteroatoms. The molecule has 0 bridgehead atoms. The molecule has 1 saturated heterocycles. The number of nitrogens with one attached hydrogen (secondary N) is 1. The van der Waals surface area contributed by atoms with Gasteiger partial charge in [0.15, 0.2) is 12.4 Å². The van der Waals surface area contributed by atoms with Crippen molar-refractivity contribution in [2.75, 3.05) is 49.5 Å². The summed E-state index contributed by atoms with van der Waals surface area (Å²) in [7, 11) is 0. The van der Waals surface area contributed by atoms with E-state index in [1.54, 1.807) is 18.2 Å². The number of pyridine rings is 1. The summed E-state index contributed by atoms with van der Waals surface area (Å²) >= 11 is 0. The van der Waals surface area contributed by atoms with Crippen LogP contribution < -0.4 is 15.0 Å². The van der Waals surface area contributed by atoms with E-state index in [1.165, 1.54) is 5.69 Å². The van der Waals surface area contributed by atoms with Crippen molar-refractivity contribution in [1.82, 2.24) is 9.88 Å². The molecule has 1 aromatic heterocycles. The lowest BCUT2D eigenvalue weighted by Crippen LogP contribution is -2.48. The van der Waals surface area contributed by atoms with E-state index in [9.17, 15) is 9.59 Å². The summed E-state index contributed by atoms with van der Waals surface area (Å²) < 4.78 is 5.37. The number of halogens is 1. The molecule has 2 aliphatic rings. The van der Waals surface area contributed by atoms with Gasteiger partial charge in [-0.25, -0.2) is 0 Å². The maximum Gasteiger partial charge on any atom is 0.262 e. The number of amides is 1. The van der Waals surface area contributed by atoms with Crippen LogP contribution in [0.25, 0.3) is 10.9 Å². The fourth-order valence-electron chi connectivity index (χ4n) is 4.21. The van der Waals surface area contributed by atoms with Crippen molar-refractivity contribution >= 4 is 46.4 Å². The minimum atomic E-state index is -0.202. The SMILES string of the molecule is Cc1ccc2c(N3CCN(CC(=O)c4ccc5c(c4)NC(=O)CO5)CC3)cccc2n1.Cl. The van der Waals surface area contributed by atoms with Gasteiger partial charge in [0.25, 0.3) is 5.91 Å². The third-order valence-corrected chi connectivity index (χ3v) is 5.86. The van der Waals surface area contributed by atoms with Gasteiger partial charge in [0.1, 0.15) is 5.75 Å². The van der Waals surface area contributed by atoms with Gasteiger partial charge in [0.2, 0.25) is 0 Å². The van der Waals surface area contributed by atoms with Crippen LogP contribution >= 0.6 is 12.4 Å². The molecule has 1 N–H and O–H groups in total. The van der Waals surface area contributed by atoms with Gasteiger partial charge in [-0.2, -0.15) is 0 Å². The molecule has 0 saturated carbocycles. The molecule has 0 atom stereocenters. The number of aromatic nitrogens is 1. The summed E-state index contributed by atoms with van der Waals surface area (Å²) in [5.74, 6) is 0.442. The standard InChI is InChI=1S/C24H24N4O3.ClH/c1-16-5-7-18-19(25-16)3-2-4-21(18)28-11-9-27(10-12-28)14-22(29)17-6-8-23-20(13-17)26-24(30)15-31-23;/h2-8,13H,9-12,14-15H2,1H3,(H,26,30);1H. The Bertz CT molecular complexity index is 1180. The molecule has 2 aliphatic heterocycles. The first-order valence-corrected chi connectivity index (χ1v) is 10.5. The second kappa shape index (κ2) is 9.14. The molecule has 5 rings (SSSR count). The van der Waals surface area contributed by atoms with Crippen LogP contribution in [-0.2, 0) is 4.79 Å². The lowest BCUT2D eigenvalue weighted by atomic mass is 10.1. The van der Waals surface area contributed by atoms with Crippen molar-refractivity contribution in [1.29, 1.82) is 0 Å². The molecule has 0 spiro atoms. The second-order valence-electron chi connectivity index (χ2n) is 8.03. The van der Waals surface area contributed by atoms with Gasteiger partial charge in [-0.15, -0.1) is 12.4 Å². The highest BCUT2D eigenvalue weighted by atomic mass is 35.5. The highest BCUT2D eigenvalue weighted by molar-refractivity contribution is 6.01. The lowest BCUT2D eigenvalue weighted by molar-refractivity contribution is -0.118. The Balaban J connectivity index is 0.00000245. The van der Waals surface area contributed by atoms with E-state index in [1.807, 2.05) is 19.1 Å². The zero-order valence-corrected chi connectivity index (χ0v) is 18.7. The van der Waals surface area contributed by atoms with Crippen molar-refractivity contribution in [2.45, 2.75) is 6.92 Å². The quantitative estimate of drug-likeness (QED) is 0.612. The molecule has 7 nitrogen and oxygen atoms in total. The maximum absolute atomic E-state index is 12.8. The maximum atomic E-state index is 12.8. The Morgan fingerprint density at radius 3 is 2.72 bits per heavy atom. The first-order valence-electron chi connectivity index (χ1n) is 10.5. The predicted molar refractivity (Wildman–Crippen MR) is 127 cm³/mol. The molecule has 0 aliphatic carbocycles. The zero-order valence-electron chi connectivity index (χ0n) is 17.8. The number of aryl methyl sites for hydroxylation is 1. The van der Waals surface area contributed by atoms with E-state index in [2.05, 4.69) is 38.3 Å². The molecule has 3 aromatic rings. The van der Waals surface area contributed by atoms with E-state index < -0.39 is 0 Å². The lowest BCUT2D eigenvalue weighted by Gasteiger charge is -2.36. The van der Waals surface area contributed by atoms with Crippen LogP contribution in [0.1, 0.15) is 16.1 Å². The molecule has 32 heavy (non-hydrogen) atoms. The largest absolute Gasteiger partial charge is 0.482 e. The fraction of sp³-hybridized carbons (Fsp3) is 0.292. The summed E-state index contributed by atoms with van der Waals surface area (Å²) in [5, 5.41) is 3.92. The van der Waals surface area contributed by atoms with Gasteiger partial charge >= 0.3 is 0 Å². The predicted octanol–water partition coefficient (Wildman–Crippen LogP) is 3.30. The van der Waals surface area contributed by atoms with E-state index in [-0.39, 0.29) is 30.7 Å². The normalized spacial score (nSPS) is 16.0. The first kappa shape index (κ1) is 22.0. The van der Waals surface area contributed by atoms with Crippen LogP contribution in [-0.4, -0.2) is 60.9 Å². The first-order chi connectivity index (χ1) is 15.1. The van der Waals surface area contributed by atoms with Gasteiger partial charge in [0.05, 0.1) is 17.7 Å². The van der Waals surface area contributed by atoms with Crippen LogP contribution in [0.2, 0.25) is 0 Å². The number of hydrogen-bond donors (Lipinski definition) is 1. The van der Waals surface area contributed by atoms with Gasteiger partial charge in [-0.05, 0) is 49.4 Å². The van der Waals surface area contributed by atoms with E-state index in [0.29, 0.717) is 23.5 Å². The molecular weight excluding hydrogens is 428 g/mol. The van der Waals surface area contributed by atoms with Crippen molar-refractivity contribution < 1.29 is 14.3 Å². The Morgan fingerprint density at radius 1 is 1.09 bits per heavy atom. The number of piperazine rings is 1. The summed E-state index contributed by atoms with van der Waals surface area (Å²) in [6.07, 6.45) is 0. The Labute approximate surface area is 192 Å². The molecule has 166 valence electrons. The fourth-order valence-corrected chi connectivity index (χ4v) is 4.21. The minimum absolute atomic E-state index is 0. The highest BCUT2D eigenvalue weighted by Crippen LogP contribution is 2.29. The number of ketones is 1. The van der Waals surface area contributed by atoms with Crippen molar-refractivity contribution in [3.63, 3.8) is 0 Å². The minimum Gasteiger partial charge on any atom is -0.482 e. The van der Waals surface area contributed by atoms with E-state index >= 15 is 0 Å². The number of ether oxygens (including phenoxy) is 1. The molecule has 1 fully saturated rings. The average molecular weight is 453 g/mol. The van der Waals surface area contributed by atoms with Crippen LogP contribution in [0.4, 0.5) is 11.4 Å². The Hall–Kier alpha value is -3.16. The molecule has 2 aromatic carbocycles. The summed E-state index contributed by atoms with van der Waals surface area (Å²) in [6.45, 7) is 5.71. The molecular formula is C24H25ClN4O3. The molecule has 0 unspecified atom stereocenters. The van der Waals surface area contributed by atoms with Crippen LogP contribution in [0.5, 0.6) is 5.75 Å². The number of anilines is 2. The highest BCUT2D eigenvalue weighted by Gasteiger charge is 2.22. The molecule has 3 heterocycles. The number of benzene rings is 2. The zero-order chi connectivity index (χ0) is 21.4. The number of carbonyl (C=O) groups is 2. The number of Topliss-reactive ketones (excluding diaryl/α,β-unsaturated/α-hetero) is 1. The second-order valence-corrected chi connectivity index (χ2v) is 8.03. The number of carbonyl (C=O) groups excluding carboxylic acids is 2. The van der Waals surface area contributed by atoms with Crippen LogP contribution in [0.3, 0.4) is 0 Å². The van der Waals surface area contributed by atoms with E-state index in [0.717, 1.165) is 42.8 Å². The summed E-state index contributed by atoms with van der Waals surface area (Å²) in [4.78, 5) is 33.5. The van der Waals surface area contributed by atoms with Crippen LogP contribution in [0, 0.1) is 6.92 Å². The third kappa shape index (κ3) is 4.40. The van der Waals surface area contributed by atoms with Crippen LogP contribution in [0.15, 0.2) is 48.5 Å². The number of rotatable bonds is 4. The smallest absolute Gasteiger partial charge is 0.262 e. The summed E-state index contributed by atoms with van der Waals surface area (Å²) in [6, 6.07) is 15.6. The third-order valence-electron chi connectivity index (χ3n) is 5.86. The molecule has 1 amide bonds. The summed E-state index contributed by atoms with van der Waals surface area (Å²) in [5.41, 5.74) is 4.37. The number of hydrogen-bond acceptors (Lipinski definition) is 6. The van der Waals surface area contributed by atoms with Crippen molar-refractivity contribution in [3.8, 4) is 5.75 Å². The Kier molecular flexibility index (Phi) is 6.30. The number of fused-ring (bicyclic) bond motifs is 2. The number of nitrogens with zero attached hydrogens (tertiary/aromatic N) is 3. The monoisotopic (exact) mass is 452 g/mol. The van der Waals surface area contributed by atoms with Gasteiger partial charge < -0.3 is 15.0 Å². The Morgan fingerprint density at radius 2 is 1.91 bits per heavy atom. The van der Waals surface area contributed by atoms with E-state index in [4.69, 9.17) is 4.74 Å². The molecule has 0 radical (unpaired) electrons.